The van der Waals surface area contributed by atoms with Gasteiger partial charge in [-0.25, -0.2) is 9.59 Å². The average molecular weight is 547 g/mol. The lowest BCUT2D eigenvalue weighted by atomic mass is 9.79. The Hall–Kier alpha value is -2.79. The Morgan fingerprint density at radius 1 is 1.00 bits per heavy atom. The van der Waals surface area contributed by atoms with Crippen LogP contribution >= 0.6 is 0 Å². The second kappa shape index (κ2) is 13.0. The number of carboxylic acids is 2. The molecule has 10 nitrogen and oxygen atoms in total. The van der Waals surface area contributed by atoms with Crippen LogP contribution in [-0.4, -0.2) is 98.1 Å². The molecule has 1 aromatic carbocycles. The standard InChI is InChI=1S/C25H36N2O2.C4H6O6/c1-18(2)10-9-15-27-16-21-22(17-27)23(21)26(3)24(28)25(29,20-13-7-8-14-20)19-11-5-4-6-12-19;5-1(3(7)8)2(6)4(9)10/h4-6,10-12,20-23,29H,7-9,13-17H2,1-3H3;1-2,5-6H,(H,7,8)(H,9,10). The van der Waals surface area contributed by atoms with E-state index in [0.717, 1.165) is 57.3 Å². The van der Waals surface area contributed by atoms with Crippen molar-refractivity contribution in [3.8, 4) is 0 Å². The minimum atomic E-state index is -2.27. The van der Waals surface area contributed by atoms with E-state index in [1.165, 1.54) is 5.57 Å². The predicted molar refractivity (Wildman–Crippen MR) is 144 cm³/mol. The van der Waals surface area contributed by atoms with Gasteiger partial charge in [0.1, 0.15) is 0 Å². The first-order valence-corrected chi connectivity index (χ1v) is 13.6. The minimum Gasteiger partial charge on any atom is -0.479 e. The van der Waals surface area contributed by atoms with Crippen molar-refractivity contribution in [2.45, 2.75) is 69.8 Å². The lowest BCUT2D eigenvalue weighted by Gasteiger charge is -2.37. The van der Waals surface area contributed by atoms with E-state index in [2.05, 4.69) is 24.8 Å². The fourth-order valence-electron chi connectivity index (χ4n) is 6.12. The lowest BCUT2D eigenvalue weighted by molar-refractivity contribution is -0.165. The maximum absolute atomic E-state index is 13.6. The molecule has 3 aliphatic rings. The number of carbonyl (C=O) groups excluding carboxylic acids is 1. The van der Waals surface area contributed by atoms with Crippen molar-refractivity contribution in [2.75, 3.05) is 26.7 Å². The third-order valence-electron chi connectivity index (χ3n) is 8.28. The first-order chi connectivity index (χ1) is 18.4. The van der Waals surface area contributed by atoms with E-state index in [4.69, 9.17) is 20.4 Å². The maximum atomic E-state index is 13.6. The van der Waals surface area contributed by atoms with Crippen LogP contribution in [0.5, 0.6) is 0 Å². The number of carboxylic acid groups (broad SMARTS) is 2. The van der Waals surface area contributed by atoms with E-state index >= 15 is 0 Å². The van der Waals surface area contributed by atoms with Crippen LogP contribution in [0.4, 0.5) is 0 Å². The summed E-state index contributed by atoms with van der Waals surface area (Å²) in [7, 11) is 1.92. The Morgan fingerprint density at radius 3 is 1.97 bits per heavy atom. The van der Waals surface area contributed by atoms with Crippen LogP contribution in [0.1, 0.15) is 51.5 Å². The van der Waals surface area contributed by atoms with Crippen LogP contribution in [0.3, 0.4) is 0 Å². The SMILES string of the molecule is CC(C)=CCCN1CC2C(C1)C2N(C)C(=O)C(O)(c1ccccc1)C1CCCC1.O=C(O)C(O)C(O)C(=O)O. The van der Waals surface area contributed by atoms with Gasteiger partial charge in [-0.15, -0.1) is 0 Å². The van der Waals surface area contributed by atoms with Crippen molar-refractivity contribution in [1.82, 2.24) is 9.80 Å². The number of amides is 1. The Labute approximate surface area is 229 Å². The third kappa shape index (κ3) is 7.05. The number of piperidine rings is 1. The number of likely N-dealkylation sites (N-methyl/N-ethyl adjacent to an activating group) is 1. The van der Waals surface area contributed by atoms with Crippen LogP contribution in [0, 0.1) is 17.8 Å². The third-order valence-corrected chi connectivity index (χ3v) is 8.28. The van der Waals surface area contributed by atoms with Crippen LogP contribution < -0.4 is 0 Å². The molecule has 2 aliphatic carbocycles. The number of benzene rings is 1. The molecule has 1 amide bonds. The minimum absolute atomic E-state index is 0.0269. The number of rotatable bonds is 10. The van der Waals surface area contributed by atoms with Crippen molar-refractivity contribution >= 4 is 17.8 Å². The molecule has 216 valence electrons. The number of carbonyl (C=O) groups is 3. The molecule has 0 radical (unpaired) electrons. The zero-order valence-corrected chi connectivity index (χ0v) is 22.9. The lowest BCUT2D eigenvalue weighted by Crippen LogP contribution is -2.51. The molecular weight excluding hydrogens is 504 g/mol. The fraction of sp³-hybridized carbons (Fsp3) is 0.621. The van der Waals surface area contributed by atoms with E-state index in [0.29, 0.717) is 17.9 Å². The number of hydrogen-bond acceptors (Lipinski definition) is 7. The van der Waals surface area contributed by atoms with E-state index < -0.39 is 29.7 Å². The van der Waals surface area contributed by atoms with Gasteiger partial charge in [0.05, 0.1) is 0 Å². The number of hydrogen-bond donors (Lipinski definition) is 5. The second-order valence-electron chi connectivity index (χ2n) is 11.2. The van der Waals surface area contributed by atoms with Crippen molar-refractivity contribution in [2.24, 2.45) is 17.8 Å². The topological polar surface area (TPSA) is 159 Å². The number of aliphatic carboxylic acids is 2. The highest BCUT2D eigenvalue weighted by Gasteiger charge is 2.60. The summed E-state index contributed by atoms with van der Waals surface area (Å²) in [6, 6.07) is 9.93. The second-order valence-corrected chi connectivity index (χ2v) is 11.2. The molecule has 5 unspecified atom stereocenters. The first-order valence-electron chi connectivity index (χ1n) is 13.6. The number of aliphatic hydroxyl groups is 3. The molecule has 1 heterocycles. The molecular formula is C29H42N2O8. The molecule has 4 rings (SSSR count). The Kier molecular flexibility index (Phi) is 10.3. The summed E-state index contributed by atoms with van der Waals surface area (Å²) >= 11 is 0. The van der Waals surface area contributed by atoms with Gasteiger partial charge in [-0.2, -0.15) is 0 Å². The highest BCUT2D eigenvalue weighted by molar-refractivity contribution is 5.87. The Bertz CT molecular complexity index is 1010. The molecule has 1 aromatic rings. The zero-order valence-electron chi connectivity index (χ0n) is 22.9. The molecule has 0 spiro atoms. The van der Waals surface area contributed by atoms with Crippen molar-refractivity contribution in [3.63, 3.8) is 0 Å². The van der Waals surface area contributed by atoms with E-state index in [9.17, 15) is 19.5 Å². The van der Waals surface area contributed by atoms with Gasteiger partial charge in [0, 0.05) is 38.6 Å². The highest BCUT2D eigenvalue weighted by atomic mass is 16.4. The summed E-state index contributed by atoms with van der Waals surface area (Å²) in [6.45, 7) is 7.57. The summed E-state index contributed by atoms with van der Waals surface area (Å²) < 4.78 is 0. The number of nitrogens with zero attached hydrogens (tertiary/aromatic N) is 2. The van der Waals surface area contributed by atoms with Crippen LogP contribution in [-0.2, 0) is 20.0 Å². The molecule has 5 N–H and O–H groups in total. The largest absolute Gasteiger partial charge is 0.479 e. The number of fused-ring (bicyclic) bond motifs is 1. The van der Waals surface area contributed by atoms with Gasteiger partial charge >= 0.3 is 11.9 Å². The molecule has 1 aliphatic heterocycles. The van der Waals surface area contributed by atoms with Gasteiger partial charge in [0.25, 0.3) is 5.91 Å². The zero-order chi connectivity index (χ0) is 28.9. The highest BCUT2D eigenvalue weighted by Crippen LogP contribution is 2.50. The molecule has 10 heteroatoms. The maximum Gasteiger partial charge on any atom is 0.335 e. The Morgan fingerprint density at radius 2 is 1.51 bits per heavy atom. The molecule has 0 aromatic heterocycles. The van der Waals surface area contributed by atoms with Gasteiger partial charge < -0.3 is 35.3 Å². The molecule has 2 saturated carbocycles. The molecule has 3 fully saturated rings. The van der Waals surface area contributed by atoms with Crippen LogP contribution in [0.15, 0.2) is 42.0 Å². The van der Waals surface area contributed by atoms with Gasteiger partial charge in [-0.3, -0.25) is 4.79 Å². The summed E-state index contributed by atoms with van der Waals surface area (Å²) in [5.74, 6) is -2.46. The van der Waals surface area contributed by atoms with E-state index in [1.807, 2.05) is 42.3 Å². The van der Waals surface area contributed by atoms with E-state index in [1.54, 1.807) is 0 Å². The van der Waals surface area contributed by atoms with Crippen molar-refractivity contribution in [3.05, 3.63) is 47.5 Å². The predicted octanol–water partition coefficient (Wildman–Crippen LogP) is 1.69. The summed E-state index contributed by atoms with van der Waals surface area (Å²) in [4.78, 5) is 37.6. The molecule has 39 heavy (non-hydrogen) atoms. The van der Waals surface area contributed by atoms with Crippen molar-refractivity contribution in [1.29, 1.82) is 0 Å². The van der Waals surface area contributed by atoms with Gasteiger partial charge in [-0.1, -0.05) is 54.8 Å². The average Bonchev–Trinajstić information content (AvgIpc) is 3.27. The number of likely N-dealkylation sites (tertiary alicyclic amines) is 1. The van der Waals surface area contributed by atoms with Crippen LogP contribution in [0.2, 0.25) is 0 Å². The van der Waals surface area contributed by atoms with Gasteiger partial charge in [0.2, 0.25) is 0 Å². The smallest absolute Gasteiger partial charge is 0.335 e. The van der Waals surface area contributed by atoms with Gasteiger partial charge in [-0.05, 0) is 50.5 Å². The summed E-state index contributed by atoms with van der Waals surface area (Å²) in [6.07, 6.45) is 2.95. The molecule has 1 saturated heterocycles. The number of aliphatic hydroxyl groups excluding tert-OH is 2. The monoisotopic (exact) mass is 546 g/mol. The molecule has 0 bridgehead atoms. The number of allylic oxidation sites excluding steroid dienone is 1. The van der Waals surface area contributed by atoms with Gasteiger partial charge in [0.15, 0.2) is 17.8 Å². The summed E-state index contributed by atoms with van der Waals surface area (Å²) in [5.41, 5.74) is 0.759. The normalized spacial score (nSPS) is 25.3. The Balaban J connectivity index is 0.000000360. The summed E-state index contributed by atoms with van der Waals surface area (Å²) in [5, 5.41) is 44.3. The first kappa shape index (κ1) is 30.7. The molecule has 5 atom stereocenters. The quantitative estimate of drug-likeness (QED) is 0.275. The van der Waals surface area contributed by atoms with Crippen LogP contribution in [0.25, 0.3) is 0 Å². The van der Waals surface area contributed by atoms with Crippen molar-refractivity contribution < 1.29 is 39.9 Å². The van der Waals surface area contributed by atoms with E-state index in [-0.39, 0.29) is 11.8 Å². The fourth-order valence-corrected chi connectivity index (χ4v) is 6.12.